The molecule has 5 heteroatoms. The fraction of sp³-hybridized carbons (Fsp3) is 0.364. The highest BCUT2D eigenvalue weighted by atomic mass is 32.1. The molecule has 0 saturated carbocycles. The van der Waals surface area contributed by atoms with E-state index < -0.39 is 5.60 Å². The van der Waals surface area contributed by atoms with Crippen molar-refractivity contribution in [1.82, 2.24) is 4.90 Å². The Kier molecular flexibility index (Phi) is 4.64. The predicted octanol–water partition coefficient (Wildman–Crippen LogP) is 4.50. The molecule has 2 heterocycles. The number of carbonyl (C=O) groups excluding carboxylic acids is 1. The number of ether oxygens (including phenoxy) is 1. The third kappa shape index (κ3) is 3.56. The smallest absolute Gasteiger partial charge is 0.173 e. The Morgan fingerprint density at radius 2 is 1.85 bits per heavy atom. The largest absolute Gasteiger partial charge is 0.486 e. The summed E-state index contributed by atoms with van der Waals surface area (Å²) >= 11 is 5.57. The molecule has 0 atom stereocenters. The molecule has 1 fully saturated rings. The van der Waals surface area contributed by atoms with E-state index in [1.54, 1.807) is 0 Å². The minimum Gasteiger partial charge on any atom is -0.486 e. The second-order valence-corrected chi connectivity index (χ2v) is 8.01. The monoisotopic (exact) mass is 380 g/mol. The lowest BCUT2D eigenvalue weighted by atomic mass is 9.81. The topological polar surface area (TPSA) is 41.6 Å². The van der Waals surface area contributed by atoms with E-state index in [0.29, 0.717) is 6.42 Å². The van der Waals surface area contributed by atoms with Gasteiger partial charge in [0.1, 0.15) is 11.4 Å². The quantitative estimate of drug-likeness (QED) is 0.738. The average Bonchev–Trinajstić information content (AvgIpc) is 2.62. The third-order valence-electron chi connectivity index (χ3n) is 5.52. The molecule has 140 valence electrons. The van der Waals surface area contributed by atoms with Gasteiger partial charge < -0.3 is 15.0 Å². The van der Waals surface area contributed by atoms with Crippen molar-refractivity contribution < 1.29 is 9.53 Å². The van der Waals surface area contributed by atoms with Crippen molar-refractivity contribution in [1.29, 1.82) is 0 Å². The van der Waals surface area contributed by atoms with Gasteiger partial charge in [-0.3, -0.25) is 4.79 Å². The van der Waals surface area contributed by atoms with E-state index in [-0.39, 0.29) is 5.78 Å². The van der Waals surface area contributed by atoms with Gasteiger partial charge in [-0.15, -0.1) is 0 Å². The second kappa shape index (κ2) is 6.97. The summed E-state index contributed by atoms with van der Waals surface area (Å²) in [6, 6.07) is 14.0. The fourth-order valence-corrected chi connectivity index (χ4v) is 4.44. The van der Waals surface area contributed by atoms with Crippen molar-refractivity contribution in [3.63, 3.8) is 0 Å². The Hall–Kier alpha value is -2.40. The van der Waals surface area contributed by atoms with Crippen molar-refractivity contribution >= 4 is 28.8 Å². The molecule has 0 bridgehead atoms. The van der Waals surface area contributed by atoms with Crippen LogP contribution in [0.3, 0.4) is 0 Å². The number of benzene rings is 2. The van der Waals surface area contributed by atoms with E-state index >= 15 is 0 Å². The van der Waals surface area contributed by atoms with Crippen molar-refractivity contribution in [2.45, 2.75) is 38.7 Å². The summed E-state index contributed by atoms with van der Waals surface area (Å²) < 4.78 is 6.43. The molecular formula is C22H24N2O2S. The van der Waals surface area contributed by atoms with Crippen molar-refractivity contribution in [3.8, 4) is 5.75 Å². The van der Waals surface area contributed by atoms with Gasteiger partial charge in [-0.05, 0) is 55.4 Å². The van der Waals surface area contributed by atoms with Crippen LogP contribution in [0.1, 0.15) is 40.7 Å². The molecule has 2 aromatic rings. The average molecular weight is 381 g/mol. The van der Waals surface area contributed by atoms with Gasteiger partial charge in [0.15, 0.2) is 10.9 Å². The molecule has 2 aliphatic rings. The number of carbonyl (C=O) groups is 1. The normalized spacial score (nSPS) is 18.0. The molecule has 27 heavy (non-hydrogen) atoms. The van der Waals surface area contributed by atoms with Gasteiger partial charge in [-0.1, -0.05) is 24.3 Å². The lowest BCUT2D eigenvalue weighted by Crippen LogP contribution is -2.53. The summed E-state index contributed by atoms with van der Waals surface area (Å²) in [7, 11) is 0. The molecule has 1 N–H and O–H groups in total. The number of Topliss-reactive ketones (excluding diaryl/α,β-unsaturated/α-hetero) is 1. The summed E-state index contributed by atoms with van der Waals surface area (Å²) in [5, 5.41) is 4.02. The van der Waals surface area contributed by atoms with E-state index in [1.165, 1.54) is 0 Å². The number of aryl methyl sites for hydroxylation is 2. The fourth-order valence-electron chi connectivity index (χ4n) is 4.14. The van der Waals surface area contributed by atoms with Crippen LogP contribution in [0.5, 0.6) is 5.75 Å². The van der Waals surface area contributed by atoms with Crippen LogP contribution >= 0.6 is 12.2 Å². The van der Waals surface area contributed by atoms with Crippen LogP contribution in [-0.2, 0) is 0 Å². The standard InChI is InChI=1S/C22H24N2O2S/c1-15-12-16(2)20-18(25)14-22(26-19(20)13-15)8-10-24(11-9-22)21(27)23-17-6-4-3-5-7-17/h3-7,12-13H,8-11,14H2,1-2H3,(H,23,27). The molecule has 2 aromatic carbocycles. The molecule has 1 saturated heterocycles. The predicted molar refractivity (Wildman–Crippen MR) is 112 cm³/mol. The van der Waals surface area contributed by atoms with Gasteiger partial charge in [0.25, 0.3) is 0 Å². The van der Waals surface area contributed by atoms with Crippen LogP contribution in [0.4, 0.5) is 5.69 Å². The second-order valence-electron chi connectivity index (χ2n) is 7.62. The zero-order valence-corrected chi connectivity index (χ0v) is 16.6. The molecule has 0 aromatic heterocycles. The number of para-hydroxylation sites is 1. The van der Waals surface area contributed by atoms with Gasteiger partial charge in [-0.2, -0.15) is 0 Å². The van der Waals surface area contributed by atoms with E-state index in [1.807, 2.05) is 56.3 Å². The van der Waals surface area contributed by atoms with Gasteiger partial charge in [0.05, 0.1) is 12.0 Å². The van der Waals surface area contributed by atoms with Gasteiger partial charge in [0.2, 0.25) is 0 Å². The van der Waals surface area contributed by atoms with Gasteiger partial charge >= 0.3 is 0 Å². The SMILES string of the molecule is Cc1cc(C)c2c(c1)OC1(CCN(C(=S)Nc3ccccc3)CC1)CC2=O. The van der Waals surface area contributed by atoms with E-state index in [4.69, 9.17) is 17.0 Å². The summed E-state index contributed by atoms with van der Waals surface area (Å²) in [6.07, 6.45) is 2.04. The Balaban J connectivity index is 1.45. The highest BCUT2D eigenvalue weighted by Crippen LogP contribution is 2.41. The zero-order chi connectivity index (χ0) is 19.0. The first-order valence-electron chi connectivity index (χ1n) is 9.40. The number of likely N-dealkylation sites (tertiary alicyclic amines) is 1. The Labute approximate surface area is 165 Å². The van der Waals surface area contributed by atoms with Crippen LogP contribution in [0, 0.1) is 13.8 Å². The number of rotatable bonds is 1. The number of nitrogens with one attached hydrogen (secondary N) is 1. The Morgan fingerprint density at radius 1 is 1.15 bits per heavy atom. The van der Waals surface area contributed by atoms with Crippen LogP contribution in [0.25, 0.3) is 0 Å². The molecule has 0 radical (unpaired) electrons. The Morgan fingerprint density at radius 3 is 2.56 bits per heavy atom. The lowest BCUT2D eigenvalue weighted by molar-refractivity contribution is 0.00394. The molecule has 1 spiro atoms. The first kappa shape index (κ1) is 18.0. The van der Waals surface area contributed by atoms with Crippen LogP contribution in [-0.4, -0.2) is 34.5 Å². The van der Waals surface area contributed by atoms with Crippen LogP contribution < -0.4 is 10.1 Å². The van der Waals surface area contributed by atoms with Gasteiger partial charge in [0, 0.05) is 31.6 Å². The maximum atomic E-state index is 12.8. The first-order valence-corrected chi connectivity index (χ1v) is 9.81. The minimum atomic E-state index is -0.400. The minimum absolute atomic E-state index is 0.201. The number of hydrogen-bond donors (Lipinski definition) is 1. The van der Waals surface area contributed by atoms with Crippen molar-refractivity contribution in [2.75, 3.05) is 18.4 Å². The Bertz CT molecular complexity index is 887. The molecule has 4 rings (SSSR count). The summed E-state index contributed by atoms with van der Waals surface area (Å²) in [4.78, 5) is 15.0. The summed E-state index contributed by atoms with van der Waals surface area (Å²) in [6.45, 7) is 5.60. The lowest BCUT2D eigenvalue weighted by Gasteiger charge is -2.44. The van der Waals surface area contributed by atoms with Crippen LogP contribution in [0.15, 0.2) is 42.5 Å². The molecule has 0 unspecified atom stereocenters. The number of piperidine rings is 1. The van der Waals surface area contributed by atoms with E-state index in [9.17, 15) is 4.79 Å². The molecule has 4 nitrogen and oxygen atoms in total. The molecule has 2 aliphatic heterocycles. The molecular weight excluding hydrogens is 356 g/mol. The number of nitrogens with zero attached hydrogens (tertiary/aromatic N) is 1. The molecule has 0 aliphatic carbocycles. The summed E-state index contributed by atoms with van der Waals surface area (Å²) in [5.41, 5.74) is 3.49. The highest BCUT2D eigenvalue weighted by molar-refractivity contribution is 7.80. The number of anilines is 1. The van der Waals surface area contributed by atoms with Crippen molar-refractivity contribution in [2.24, 2.45) is 0 Å². The number of ketones is 1. The number of fused-ring (bicyclic) bond motifs is 1. The van der Waals surface area contributed by atoms with Gasteiger partial charge in [-0.25, -0.2) is 0 Å². The zero-order valence-electron chi connectivity index (χ0n) is 15.7. The number of hydrogen-bond acceptors (Lipinski definition) is 3. The summed E-state index contributed by atoms with van der Waals surface area (Å²) in [5.74, 6) is 0.953. The first-order chi connectivity index (χ1) is 13.0. The van der Waals surface area contributed by atoms with Crippen molar-refractivity contribution in [3.05, 3.63) is 59.2 Å². The van der Waals surface area contributed by atoms with E-state index in [2.05, 4.69) is 10.2 Å². The molecule has 0 amide bonds. The third-order valence-corrected chi connectivity index (χ3v) is 5.88. The van der Waals surface area contributed by atoms with Crippen LogP contribution in [0.2, 0.25) is 0 Å². The maximum absolute atomic E-state index is 12.8. The van der Waals surface area contributed by atoms with E-state index in [0.717, 1.165) is 59.2 Å². The number of thiocarbonyl (C=S) groups is 1. The highest BCUT2D eigenvalue weighted by Gasteiger charge is 2.43. The maximum Gasteiger partial charge on any atom is 0.173 e.